The Morgan fingerprint density at radius 1 is 1.54 bits per heavy atom. The Balaban J connectivity index is 2.94. The Hall–Kier alpha value is -0.810. The van der Waals surface area contributed by atoms with Crippen molar-refractivity contribution in [2.24, 2.45) is 0 Å². The number of aromatic nitrogens is 1. The SMILES string of the molecule is CCOc1ccc(S(=O)(=O)Cl)nc1. The number of hydrogen-bond acceptors (Lipinski definition) is 4. The summed E-state index contributed by atoms with van der Waals surface area (Å²) in [5.41, 5.74) is 0. The molecule has 0 aliphatic heterocycles. The second-order valence-electron chi connectivity index (χ2n) is 2.20. The zero-order chi connectivity index (χ0) is 9.90. The summed E-state index contributed by atoms with van der Waals surface area (Å²) < 4.78 is 26.6. The first-order valence-corrected chi connectivity index (χ1v) is 5.88. The number of rotatable bonds is 3. The fourth-order valence-corrected chi connectivity index (χ4v) is 1.45. The summed E-state index contributed by atoms with van der Waals surface area (Å²) in [5, 5.41) is -0.169. The van der Waals surface area contributed by atoms with Crippen LogP contribution in [0.5, 0.6) is 5.75 Å². The zero-order valence-electron chi connectivity index (χ0n) is 6.90. The molecule has 0 unspecified atom stereocenters. The maximum Gasteiger partial charge on any atom is 0.278 e. The highest BCUT2D eigenvalue weighted by Gasteiger charge is 2.10. The lowest BCUT2D eigenvalue weighted by Crippen LogP contribution is -1.96. The molecule has 0 radical (unpaired) electrons. The van der Waals surface area contributed by atoms with Crippen molar-refractivity contribution in [1.82, 2.24) is 4.98 Å². The van der Waals surface area contributed by atoms with Gasteiger partial charge in [0.1, 0.15) is 5.75 Å². The van der Waals surface area contributed by atoms with Crippen molar-refractivity contribution in [2.75, 3.05) is 6.61 Å². The van der Waals surface area contributed by atoms with E-state index < -0.39 is 9.05 Å². The largest absolute Gasteiger partial charge is 0.492 e. The second-order valence-corrected chi connectivity index (χ2v) is 4.72. The molecular formula is C7H8ClNO3S. The van der Waals surface area contributed by atoms with Gasteiger partial charge in [-0.15, -0.1) is 0 Å². The molecule has 13 heavy (non-hydrogen) atoms. The Morgan fingerprint density at radius 3 is 2.62 bits per heavy atom. The fraction of sp³-hybridized carbons (Fsp3) is 0.286. The first-order chi connectivity index (χ1) is 6.04. The number of nitrogens with zero attached hydrogens (tertiary/aromatic N) is 1. The molecule has 0 fully saturated rings. The van der Waals surface area contributed by atoms with Crippen molar-refractivity contribution in [3.8, 4) is 5.75 Å². The maximum atomic E-state index is 10.8. The molecule has 0 saturated carbocycles. The normalized spacial score (nSPS) is 11.2. The number of halogens is 1. The minimum absolute atomic E-state index is 0.169. The molecule has 0 atom stereocenters. The van der Waals surface area contributed by atoms with Gasteiger partial charge >= 0.3 is 0 Å². The number of ether oxygens (including phenoxy) is 1. The first-order valence-electron chi connectivity index (χ1n) is 3.57. The van der Waals surface area contributed by atoms with Gasteiger partial charge in [-0.3, -0.25) is 0 Å². The van der Waals surface area contributed by atoms with Gasteiger partial charge in [0, 0.05) is 10.7 Å². The van der Waals surface area contributed by atoms with Crippen molar-refractivity contribution < 1.29 is 13.2 Å². The Morgan fingerprint density at radius 2 is 2.23 bits per heavy atom. The Labute approximate surface area is 80.9 Å². The molecule has 1 rings (SSSR count). The van der Waals surface area contributed by atoms with Crippen molar-refractivity contribution in [3.63, 3.8) is 0 Å². The monoisotopic (exact) mass is 221 g/mol. The summed E-state index contributed by atoms with van der Waals surface area (Å²) in [4.78, 5) is 3.62. The highest BCUT2D eigenvalue weighted by Crippen LogP contribution is 2.15. The van der Waals surface area contributed by atoms with E-state index in [0.29, 0.717) is 12.4 Å². The van der Waals surface area contributed by atoms with Crippen molar-refractivity contribution >= 4 is 19.7 Å². The van der Waals surface area contributed by atoms with Crippen molar-refractivity contribution in [3.05, 3.63) is 18.3 Å². The van der Waals surface area contributed by atoms with E-state index in [9.17, 15) is 8.42 Å². The van der Waals surface area contributed by atoms with Gasteiger partial charge in [0.2, 0.25) is 0 Å². The molecule has 0 N–H and O–H groups in total. The molecule has 0 bridgehead atoms. The lowest BCUT2D eigenvalue weighted by Gasteiger charge is -2.01. The van der Waals surface area contributed by atoms with Gasteiger partial charge in [-0.05, 0) is 19.1 Å². The summed E-state index contributed by atoms with van der Waals surface area (Å²) in [6.45, 7) is 2.33. The summed E-state index contributed by atoms with van der Waals surface area (Å²) in [6.07, 6.45) is 1.32. The van der Waals surface area contributed by atoms with Crippen LogP contribution in [-0.4, -0.2) is 20.0 Å². The molecule has 1 aromatic rings. The summed E-state index contributed by atoms with van der Waals surface area (Å²) >= 11 is 0. The molecule has 0 aliphatic rings. The van der Waals surface area contributed by atoms with Crippen LogP contribution in [0.4, 0.5) is 0 Å². The van der Waals surface area contributed by atoms with Gasteiger partial charge in [0.25, 0.3) is 9.05 Å². The minimum atomic E-state index is -3.73. The average Bonchev–Trinajstić information content (AvgIpc) is 2.04. The van der Waals surface area contributed by atoms with Crippen LogP contribution in [0.3, 0.4) is 0 Å². The van der Waals surface area contributed by atoms with Gasteiger partial charge in [0.05, 0.1) is 12.8 Å². The quantitative estimate of drug-likeness (QED) is 0.725. The van der Waals surface area contributed by atoms with E-state index >= 15 is 0 Å². The van der Waals surface area contributed by atoms with Crippen LogP contribution in [-0.2, 0) is 9.05 Å². The van der Waals surface area contributed by atoms with Gasteiger partial charge < -0.3 is 4.74 Å². The van der Waals surface area contributed by atoms with Gasteiger partial charge in [-0.1, -0.05) is 0 Å². The Bertz CT molecular complexity index is 373. The molecule has 0 spiro atoms. The predicted molar refractivity (Wildman–Crippen MR) is 48.4 cm³/mol. The van der Waals surface area contributed by atoms with E-state index in [-0.39, 0.29) is 5.03 Å². The molecule has 0 aromatic carbocycles. The molecular weight excluding hydrogens is 214 g/mol. The van der Waals surface area contributed by atoms with Crippen LogP contribution in [0.15, 0.2) is 23.4 Å². The highest BCUT2D eigenvalue weighted by molar-refractivity contribution is 8.13. The second kappa shape index (κ2) is 3.93. The molecule has 0 saturated heterocycles. The van der Waals surface area contributed by atoms with Gasteiger partial charge in [0.15, 0.2) is 5.03 Å². The first kappa shape index (κ1) is 10.3. The molecule has 1 heterocycles. The van der Waals surface area contributed by atoms with E-state index in [1.807, 2.05) is 6.92 Å². The van der Waals surface area contributed by atoms with E-state index in [1.54, 1.807) is 0 Å². The van der Waals surface area contributed by atoms with Crippen molar-refractivity contribution in [2.45, 2.75) is 11.9 Å². The van der Waals surface area contributed by atoms with Crippen LogP contribution < -0.4 is 4.74 Å². The minimum Gasteiger partial charge on any atom is -0.492 e. The summed E-state index contributed by atoms with van der Waals surface area (Å²) in [5.74, 6) is 0.520. The van der Waals surface area contributed by atoms with E-state index in [4.69, 9.17) is 15.4 Å². The summed E-state index contributed by atoms with van der Waals surface area (Å²) in [7, 11) is 1.33. The smallest absolute Gasteiger partial charge is 0.278 e. The standard InChI is InChI=1S/C7H8ClNO3S/c1-2-12-6-3-4-7(9-5-6)13(8,10)11/h3-5H,2H2,1H3. The average molecular weight is 222 g/mol. The lowest BCUT2D eigenvalue weighted by atomic mass is 10.5. The van der Waals surface area contributed by atoms with Gasteiger partial charge in [-0.25, -0.2) is 13.4 Å². The number of hydrogen-bond donors (Lipinski definition) is 0. The predicted octanol–water partition coefficient (Wildman–Crippen LogP) is 1.41. The van der Waals surface area contributed by atoms with E-state index in [1.165, 1.54) is 18.3 Å². The van der Waals surface area contributed by atoms with E-state index in [2.05, 4.69) is 4.98 Å². The van der Waals surface area contributed by atoms with Crippen LogP contribution >= 0.6 is 10.7 Å². The lowest BCUT2D eigenvalue weighted by molar-refractivity contribution is 0.338. The number of pyridine rings is 1. The third-order valence-corrected chi connectivity index (χ3v) is 2.49. The molecule has 6 heteroatoms. The molecule has 0 aliphatic carbocycles. The molecule has 72 valence electrons. The third kappa shape index (κ3) is 2.86. The Kier molecular flexibility index (Phi) is 3.11. The molecule has 0 amide bonds. The third-order valence-electron chi connectivity index (χ3n) is 1.27. The molecule has 1 aromatic heterocycles. The van der Waals surface area contributed by atoms with Gasteiger partial charge in [-0.2, -0.15) is 0 Å². The summed E-state index contributed by atoms with van der Waals surface area (Å²) in [6, 6.07) is 2.80. The maximum absolute atomic E-state index is 10.8. The molecule has 4 nitrogen and oxygen atoms in total. The highest BCUT2D eigenvalue weighted by atomic mass is 35.7. The fourth-order valence-electron chi connectivity index (χ4n) is 0.763. The van der Waals surface area contributed by atoms with Crippen LogP contribution in [0.25, 0.3) is 0 Å². The zero-order valence-corrected chi connectivity index (χ0v) is 8.47. The van der Waals surface area contributed by atoms with Crippen molar-refractivity contribution in [1.29, 1.82) is 0 Å². The topological polar surface area (TPSA) is 56.3 Å². The van der Waals surface area contributed by atoms with Crippen LogP contribution in [0.2, 0.25) is 0 Å². The van der Waals surface area contributed by atoms with Crippen LogP contribution in [0, 0.1) is 0 Å². The van der Waals surface area contributed by atoms with E-state index in [0.717, 1.165) is 0 Å². The van der Waals surface area contributed by atoms with Crippen LogP contribution in [0.1, 0.15) is 6.92 Å².